The lowest BCUT2D eigenvalue weighted by atomic mass is 10.0. The number of ether oxygens (including phenoxy) is 1. The maximum absolute atomic E-state index is 12.6. The number of nitrogens with one attached hydrogen (secondary N) is 1. The SMILES string of the molecule is CCCCC/C=C\C/C=C\CCCCCCCC(=O)OCCCCCCCCCCCCCC/C=C\CCCCCCCCCCCCCCCCCCC(=O)NC(CO)C(O)/C=C/CCCCCCCCCCCCCCCCCCCCCCCCC. The molecule has 2 atom stereocenters. The third-order valence-electron chi connectivity index (χ3n) is 18.8. The largest absolute Gasteiger partial charge is 0.466 e. The van der Waals surface area contributed by atoms with Crippen molar-refractivity contribution < 1.29 is 24.5 Å². The number of rotatable bonds is 76. The fraction of sp³-hybridized carbons (Fsp3) is 0.880. The molecule has 0 fully saturated rings. The second-order valence-corrected chi connectivity index (χ2v) is 27.7. The fourth-order valence-electron chi connectivity index (χ4n) is 12.7. The van der Waals surface area contributed by atoms with Crippen molar-refractivity contribution in [1.82, 2.24) is 5.32 Å². The Morgan fingerprint density at radius 3 is 0.888 bits per heavy atom. The Morgan fingerprint density at radius 1 is 0.315 bits per heavy atom. The number of hydrogen-bond acceptors (Lipinski definition) is 5. The van der Waals surface area contributed by atoms with E-state index in [9.17, 15) is 19.8 Å². The van der Waals surface area contributed by atoms with Gasteiger partial charge in [0.25, 0.3) is 0 Å². The number of carbonyl (C=O) groups excluding carboxylic acids is 2. The van der Waals surface area contributed by atoms with Crippen LogP contribution in [0.15, 0.2) is 48.6 Å². The third-order valence-corrected chi connectivity index (χ3v) is 18.8. The van der Waals surface area contributed by atoms with E-state index in [4.69, 9.17) is 4.74 Å². The molecule has 0 bridgehead atoms. The molecule has 6 heteroatoms. The number of unbranched alkanes of at least 4 members (excludes halogenated alkanes) is 59. The van der Waals surface area contributed by atoms with Crippen molar-refractivity contribution in [1.29, 1.82) is 0 Å². The lowest BCUT2D eigenvalue weighted by molar-refractivity contribution is -0.143. The van der Waals surface area contributed by atoms with E-state index in [-0.39, 0.29) is 18.5 Å². The quantitative estimate of drug-likeness (QED) is 0.0320. The molecule has 3 N–H and O–H groups in total. The van der Waals surface area contributed by atoms with Gasteiger partial charge in [0.2, 0.25) is 5.91 Å². The van der Waals surface area contributed by atoms with Crippen LogP contribution in [-0.2, 0) is 14.3 Å². The summed E-state index contributed by atoms with van der Waals surface area (Å²) in [6.07, 6.45) is 104. The van der Waals surface area contributed by atoms with Crippen molar-refractivity contribution in [2.24, 2.45) is 0 Å². The van der Waals surface area contributed by atoms with Crippen LogP contribution in [0, 0.1) is 0 Å². The zero-order valence-corrected chi connectivity index (χ0v) is 60.2. The molecule has 0 heterocycles. The third kappa shape index (κ3) is 74.7. The molecule has 0 saturated carbocycles. The first-order valence-electron chi connectivity index (χ1n) is 40.4. The average molecular weight is 1250 g/mol. The molecule has 0 saturated heterocycles. The van der Waals surface area contributed by atoms with Gasteiger partial charge in [-0.2, -0.15) is 0 Å². The Kier molecular flexibility index (Phi) is 76.3. The van der Waals surface area contributed by atoms with E-state index in [1.165, 1.54) is 366 Å². The fourth-order valence-corrected chi connectivity index (χ4v) is 12.7. The zero-order chi connectivity index (χ0) is 64.2. The molecular formula is C83H157NO5. The lowest BCUT2D eigenvalue weighted by Crippen LogP contribution is -2.45. The molecule has 0 aromatic rings. The second kappa shape index (κ2) is 78.3. The summed E-state index contributed by atoms with van der Waals surface area (Å²) in [6, 6.07) is -0.628. The van der Waals surface area contributed by atoms with Crippen molar-refractivity contribution in [2.45, 2.75) is 456 Å². The molecule has 0 aromatic heterocycles. The number of aliphatic hydroxyl groups is 2. The van der Waals surface area contributed by atoms with Gasteiger partial charge in [-0.3, -0.25) is 9.59 Å². The zero-order valence-electron chi connectivity index (χ0n) is 60.2. The van der Waals surface area contributed by atoms with Gasteiger partial charge < -0.3 is 20.3 Å². The Morgan fingerprint density at radius 2 is 0.562 bits per heavy atom. The number of amides is 1. The van der Waals surface area contributed by atoms with Gasteiger partial charge in [0.1, 0.15) is 0 Å². The predicted octanol–water partition coefficient (Wildman–Crippen LogP) is 26.8. The highest BCUT2D eigenvalue weighted by Crippen LogP contribution is 2.20. The summed E-state index contributed by atoms with van der Waals surface area (Å²) in [5, 5.41) is 23.3. The van der Waals surface area contributed by atoms with E-state index in [2.05, 4.69) is 55.6 Å². The minimum Gasteiger partial charge on any atom is -0.466 e. The molecule has 0 aliphatic carbocycles. The van der Waals surface area contributed by atoms with Crippen LogP contribution in [0.4, 0.5) is 0 Å². The van der Waals surface area contributed by atoms with E-state index in [0.717, 1.165) is 51.4 Å². The Labute approximate surface area is 556 Å². The summed E-state index contributed by atoms with van der Waals surface area (Å²) in [4.78, 5) is 24.6. The highest BCUT2D eigenvalue weighted by atomic mass is 16.5. The molecule has 0 rings (SSSR count). The number of allylic oxidation sites excluding steroid dienone is 7. The minimum atomic E-state index is -0.845. The van der Waals surface area contributed by atoms with Gasteiger partial charge in [-0.25, -0.2) is 0 Å². The Hall–Kier alpha value is -2.18. The van der Waals surface area contributed by atoms with Crippen molar-refractivity contribution in [3.63, 3.8) is 0 Å². The molecule has 2 unspecified atom stereocenters. The van der Waals surface area contributed by atoms with Crippen LogP contribution >= 0.6 is 0 Å². The van der Waals surface area contributed by atoms with Crippen LogP contribution in [0.3, 0.4) is 0 Å². The first-order chi connectivity index (χ1) is 44.0. The molecule has 1 amide bonds. The number of aliphatic hydroxyl groups excluding tert-OH is 2. The van der Waals surface area contributed by atoms with Crippen LogP contribution in [0.5, 0.6) is 0 Å². The van der Waals surface area contributed by atoms with Gasteiger partial charge >= 0.3 is 5.97 Å². The Bertz CT molecular complexity index is 1490. The minimum absolute atomic E-state index is 0.00438. The lowest BCUT2D eigenvalue weighted by Gasteiger charge is -2.20. The highest BCUT2D eigenvalue weighted by molar-refractivity contribution is 5.76. The molecular weight excluding hydrogens is 1090 g/mol. The topological polar surface area (TPSA) is 95.9 Å². The first kappa shape index (κ1) is 86.8. The van der Waals surface area contributed by atoms with Gasteiger partial charge in [-0.1, -0.05) is 390 Å². The summed E-state index contributed by atoms with van der Waals surface area (Å²) in [5.41, 5.74) is 0. The number of carbonyl (C=O) groups is 2. The molecule has 6 nitrogen and oxygen atoms in total. The van der Waals surface area contributed by atoms with Crippen LogP contribution in [-0.4, -0.2) is 47.4 Å². The van der Waals surface area contributed by atoms with E-state index in [0.29, 0.717) is 19.4 Å². The van der Waals surface area contributed by atoms with Gasteiger partial charge in [-0.05, 0) is 89.9 Å². The normalized spacial score (nSPS) is 12.7. The maximum atomic E-state index is 12.6. The predicted molar refractivity (Wildman–Crippen MR) is 393 cm³/mol. The van der Waals surface area contributed by atoms with Crippen LogP contribution in [0.25, 0.3) is 0 Å². The van der Waals surface area contributed by atoms with Gasteiger partial charge in [0.05, 0.1) is 25.4 Å². The van der Waals surface area contributed by atoms with Crippen LogP contribution in [0.1, 0.15) is 444 Å². The number of hydrogen-bond donors (Lipinski definition) is 3. The van der Waals surface area contributed by atoms with E-state index >= 15 is 0 Å². The van der Waals surface area contributed by atoms with Crippen molar-refractivity contribution >= 4 is 11.9 Å². The van der Waals surface area contributed by atoms with Crippen molar-refractivity contribution in [2.75, 3.05) is 13.2 Å². The summed E-state index contributed by atoms with van der Waals surface area (Å²) < 4.78 is 5.49. The summed E-state index contributed by atoms with van der Waals surface area (Å²) in [6.45, 7) is 4.92. The van der Waals surface area contributed by atoms with E-state index in [1.54, 1.807) is 6.08 Å². The summed E-state index contributed by atoms with van der Waals surface area (Å²) >= 11 is 0. The van der Waals surface area contributed by atoms with Gasteiger partial charge in [0, 0.05) is 12.8 Å². The van der Waals surface area contributed by atoms with Crippen molar-refractivity contribution in [3.8, 4) is 0 Å². The number of esters is 1. The van der Waals surface area contributed by atoms with Gasteiger partial charge in [0.15, 0.2) is 0 Å². The van der Waals surface area contributed by atoms with Crippen LogP contribution < -0.4 is 5.32 Å². The maximum Gasteiger partial charge on any atom is 0.305 e. The average Bonchev–Trinajstić information content (AvgIpc) is 3.57. The molecule has 0 spiro atoms. The van der Waals surface area contributed by atoms with Gasteiger partial charge in [-0.15, -0.1) is 0 Å². The van der Waals surface area contributed by atoms with E-state index < -0.39 is 12.1 Å². The highest BCUT2D eigenvalue weighted by Gasteiger charge is 2.18. The monoisotopic (exact) mass is 1250 g/mol. The second-order valence-electron chi connectivity index (χ2n) is 27.7. The molecule has 0 aliphatic rings. The summed E-state index contributed by atoms with van der Waals surface area (Å²) in [5.74, 6) is -0.0562. The first-order valence-corrected chi connectivity index (χ1v) is 40.4. The molecule has 0 aliphatic heterocycles. The molecule has 0 aromatic carbocycles. The van der Waals surface area contributed by atoms with Crippen molar-refractivity contribution in [3.05, 3.63) is 48.6 Å². The molecule has 89 heavy (non-hydrogen) atoms. The molecule has 0 radical (unpaired) electrons. The standard InChI is InChI=1S/C83H157NO5/c1-3-5-7-9-11-13-15-17-19-20-21-22-23-32-35-38-41-44-48-51-55-59-63-67-71-75-81(86)80(79-85)84-82(87)76-72-68-64-60-56-52-49-45-42-39-36-33-30-28-26-24-25-27-29-31-34-37-40-43-46-50-54-58-62-66-70-74-78-89-83(88)77-73-69-65-61-57-53-47-18-16-14-12-10-8-6-4-2/h12,14,18,27,29,47,71,75,80-81,85-86H,3-11,13,15-17,19-26,28,30-46,48-70,72-74,76-79H2,1-2H3,(H,84,87)/b14-12-,29-27-,47-18-,75-71+. The van der Waals surface area contributed by atoms with E-state index in [1.807, 2.05) is 6.08 Å². The Balaban J connectivity index is 3.39. The molecule has 524 valence electrons. The summed E-state index contributed by atoms with van der Waals surface area (Å²) in [7, 11) is 0. The van der Waals surface area contributed by atoms with Crippen LogP contribution in [0.2, 0.25) is 0 Å². The smallest absolute Gasteiger partial charge is 0.305 e.